The second-order valence-electron chi connectivity index (χ2n) is 3.94. The second-order valence-corrected chi connectivity index (χ2v) is 5.57. The highest BCUT2D eigenvalue weighted by Crippen LogP contribution is 2.15. The van der Waals surface area contributed by atoms with Crippen LogP contribution in [0.4, 0.5) is 4.79 Å². The molecule has 1 atom stereocenters. The molecule has 1 aromatic carbocycles. The number of hydrogen-bond donors (Lipinski definition) is 1. The van der Waals surface area contributed by atoms with E-state index in [-0.39, 0.29) is 13.2 Å². The minimum Gasteiger partial charge on any atom is -0.447 e. The molecule has 1 aliphatic rings. The third-order valence-corrected chi connectivity index (χ3v) is 4.20. The second kappa shape index (κ2) is 4.95. The molecule has 0 bridgehead atoms. The van der Waals surface area contributed by atoms with Gasteiger partial charge in [0, 0.05) is 6.04 Å². The number of benzene rings is 1. The van der Waals surface area contributed by atoms with Crippen molar-refractivity contribution in [3.8, 4) is 0 Å². The van der Waals surface area contributed by atoms with E-state index < -0.39 is 22.3 Å². The van der Waals surface area contributed by atoms with Gasteiger partial charge in [-0.25, -0.2) is 4.79 Å². The fourth-order valence-electron chi connectivity index (χ4n) is 1.69. The first-order valence-electron chi connectivity index (χ1n) is 5.52. The number of nitrogens with zero attached hydrogens (tertiary/aromatic N) is 1. The molecule has 0 spiro atoms. The van der Waals surface area contributed by atoms with Crippen molar-refractivity contribution >= 4 is 16.3 Å². The smallest absolute Gasteiger partial charge is 0.424 e. The summed E-state index contributed by atoms with van der Waals surface area (Å²) in [7, 11) is -3.85. The Bertz CT molecular complexity index is 529. The molecule has 1 amide bonds. The summed E-state index contributed by atoms with van der Waals surface area (Å²) in [6.45, 7) is 1.86. The molecule has 0 aromatic heterocycles. The lowest BCUT2D eigenvalue weighted by molar-refractivity contribution is 0.169. The van der Waals surface area contributed by atoms with Crippen molar-refractivity contribution in [1.82, 2.24) is 9.03 Å². The zero-order valence-electron chi connectivity index (χ0n) is 9.87. The summed E-state index contributed by atoms with van der Waals surface area (Å²) in [5, 5.41) is 0. The van der Waals surface area contributed by atoms with Crippen molar-refractivity contribution in [2.24, 2.45) is 0 Å². The number of amides is 1. The van der Waals surface area contributed by atoms with Crippen molar-refractivity contribution in [2.45, 2.75) is 13.0 Å². The lowest BCUT2D eigenvalue weighted by Crippen LogP contribution is -2.42. The fourth-order valence-corrected chi connectivity index (χ4v) is 2.97. The molecule has 2 rings (SSSR count). The molecule has 0 saturated carbocycles. The van der Waals surface area contributed by atoms with E-state index in [4.69, 9.17) is 0 Å². The SMILES string of the molecule is C[C@H](NS(=O)(=O)N1CCOC1=O)c1ccccc1. The summed E-state index contributed by atoms with van der Waals surface area (Å²) >= 11 is 0. The Morgan fingerprint density at radius 2 is 2.00 bits per heavy atom. The van der Waals surface area contributed by atoms with Crippen LogP contribution in [0.5, 0.6) is 0 Å². The molecule has 0 aliphatic carbocycles. The molecular weight excluding hydrogens is 256 g/mol. The molecule has 1 fully saturated rings. The summed E-state index contributed by atoms with van der Waals surface area (Å²) in [6, 6.07) is 8.71. The monoisotopic (exact) mass is 270 g/mol. The first kappa shape index (κ1) is 12.8. The largest absolute Gasteiger partial charge is 0.447 e. The lowest BCUT2D eigenvalue weighted by atomic mass is 10.1. The standard InChI is InChI=1S/C11H14N2O4S/c1-9(10-5-3-2-4-6-10)12-18(15,16)13-7-8-17-11(13)14/h2-6,9,12H,7-8H2,1H3/t9-/m0/s1. The van der Waals surface area contributed by atoms with Crippen LogP contribution in [0.1, 0.15) is 18.5 Å². The highest BCUT2D eigenvalue weighted by Gasteiger charge is 2.34. The Balaban J connectivity index is 2.11. The number of nitrogens with one attached hydrogen (secondary N) is 1. The van der Waals surface area contributed by atoms with Crippen molar-refractivity contribution in [3.05, 3.63) is 35.9 Å². The predicted octanol–water partition coefficient (Wildman–Crippen LogP) is 1.03. The molecule has 1 aromatic rings. The van der Waals surface area contributed by atoms with E-state index in [1.165, 1.54) is 0 Å². The molecule has 1 heterocycles. The van der Waals surface area contributed by atoms with Crippen LogP contribution in [0, 0.1) is 0 Å². The van der Waals surface area contributed by atoms with E-state index in [9.17, 15) is 13.2 Å². The van der Waals surface area contributed by atoms with Crippen LogP contribution in [0.2, 0.25) is 0 Å². The van der Waals surface area contributed by atoms with E-state index in [0.717, 1.165) is 5.56 Å². The molecule has 0 radical (unpaired) electrons. The molecule has 6 nitrogen and oxygen atoms in total. The van der Waals surface area contributed by atoms with Crippen LogP contribution in [0.25, 0.3) is 0 Å². The maximum atomic E-state index is 11.9. The Morgan fingerprint density at radius 3 is 2.56 bits per heavy atom. The Labute approximate surface area is 106 Å². The van der Waals surface area contributed by atoms with Crippen molar-refractivity contribution in [3.63, 3.8) is 0 Å². The van der Waals surface area contributed by atoms with Gasteiger partial charge in [0.05, 0.1) is 6.54 Å². The van der Waals surface area contributed by atoms with Crippen LogP contribution in [0.3, 0.4) is 0 Å². The molecule has 18 heavy (non-hydrogen) atoms. The van der Waals surface area contributed by atoms with Gasteiger partial charge < -0.3 is 4.74 Å². The lowest BCUT2D eigenvalue weighted by Gasteiger charge is -2.18. The van der Waals surface area contributed by atoms with Crippen LogP contribution in [-0.4, -0.2) is 32.0 Å². The van der Waals surface area contributed by atoms with E-state index in [1.807, 2.05) is 30.3 Å². The van der Waals surface area contributed by atoms with E-state index >= 15 is 0 Å². The van der Waals surface area contributed by atoms with Gasteiger partial charge in [0.25, 0.3) is 0 Å². The number of rotatable bonds is 4. The quantitative estimate of drug-likeness (QED) is 0.886. The summed E-state index contributed by atoms with van der Waals surface area (Å²) < 4.78 is 31.6. The van der Waals surface area contributed by atoms with Gasteiger partial charge in [-0.05, 0) is 12.5 Å². The van der Waals surface area contributed by atoms with Crippen LogP contribution < -0.4 is 4.72 Å². The van der Waals surface area contributed by atoms with Crippen LogP contribution in [0.15, 0.2) is 30.3 Å². The van der Waals surface area contributed by atoms with Crippen LogP contribution in [-0.2, 0) is 14.9 Å². The summed E-state index contributed by atoms with van der Waals surface area (Å²) in [6.07, 6.45) is -0.831. The Kier molecular flexibility index (Phi) is 3.53. The first-order chi connectivity index (χ1) is 8.50. The van der Waals surface area contributed by atoms with E-state index in [1.54, 1.807) is 6.92 Å². The summed E-state index contributed by atoms with van der Waals surface area (Å²) in [4.78, 5) is 11.2. The van der Waals surface area contributed by atoms with E-state index in [2.05, 4.69) is 9.46 Å². The number of cyclic esters (lactones) is 1. The molecule has 0 unspecified atom stereocenters. The van der Waals surface area contributed by atoms with Gasteiger partial charge in [0.15, 0.2) is 0 Å². The van der Waals surface area contributed by atoms with Gasteiger partial charge in [-0.3, -0.25) is 0 Å². The highest BCUT2D eigenvalue weighted by molar-refractivity contribution is 7.87. The molecule has 1 saturated heterocycles. The Morgan fingerprint density at radius 1 is 1.33 bits per heavy atom. The average molecular weight is 270 g/mol. The van der Waals surface area contributed by atoms with Gasteiger partial charge in [0.2, 0.25) is 0 Å². The van der Waals surface area contributed by atoms with Crippen molar-refractivity contribution in [2.75, 3.05) is 13.2 Å². The first-order valence-corrected chi connectivity index (χ1v) is 6.96. The average Bonchev–Trinajstić information content (AvgIpc) is 2.77. The summed E-state index contributed by atoms with van der Waals surface area (Å²) in [5.41, 5.74) is 0.827. The number of carbonyl (C=O) groups is 1. The zero-order chi connectivity index (χ0) is 13.2. The zero-order valence-corrected chi connectivity index (χ0v) is 10.7. The van der Waals surface area contributed by atoms with Crippen molar-refractivity contribution < 1.29 is 17.9 Å². The minimum absolute atomic E-state index is 0.0513. The third kappa shape index (κ3) is 2.62. The fraction of sp³-hybridized carbons (Fsp3) is 0.364. The van der Waals surface area contributed by atoms with Crippen LogP contribution >= 0.6 is 0 Å². The number of ether oxygens (including phenoxy) is 1. The molecule has 1 aliphatic heterocycles. The molecular formula is C11H14N2O4S. The number of hydrogen-bond acceptors (Lipinski definition) is 4. The van der Waals surface area contributed by atoms with E-state index in [0.29, 0.717) is 4.31 Å². The van der Waals surface area contributed by atoms with Gasteiger partial charge in [0.1, 0.15) is 6.61 Å². The van der Waals surface area contributed by atoms with Gasteiger partial charge in [-0.1, -0.05) is 30.3 Å². The normalized spacial score (nSPS) is 17.6. The Hall–Kier alpha value is -1.60. The minimum atomic E-state index is -3.85. The van der Waals surface area contributed by atoms with Gasteiger partial charge in [-0.15, -0.1) is 0 Å². The maximum Gasteiger partial charge on any atom is 0.424 e. The maximum absolute atomic E-state index is 11.9. The third-order valence-electron chi connectivity index (χ3n) is 2.64. The molecule has 1 N–H and O–H groups in total. The number of carbonyl (C=O) groups excluding carboxylic acids is 1. The van der Waals surface area contributed by atoms with Gasteiger partial charge in [-0.2, -0.15) is 17.4 Å². The summed E-state index contributed by atoms with van der Waals surface area (Å²) in [5.74, 6) is 0. The predicted molar refractivity (Wildman–Crippen MR) is 65.0 cm³/mol. The molecule has 98 valence electrons. The topological polar surface area (TPSA) is 75.7 Å². The van der Waals surface area contributed by atoms with Crippen molar-refractivity contribution in [1.29, 1.82) is 0 Å². The molecule has 7 heteroatoms. The van der Waals surface area contributed by atoms with Gasteiger partial charge >= 0.3 is 16.3 Å². The highest BCUT2D eigenvalue weighted by atomic mass is 32.2.